The van der Waals surface area contributed by atoms with Crippen molar-refractivity contribution >= 4 is 35.0 Å². The molecule has 0 radical (unpaired) electrons. The largest absolute Gasteiger partial charge is 0.478 e. The zero-order valence-corrected chi connectivity index (χ0v) is 19.7. The average molecular weight is 465 g/mol. The summed E-state index contributed by atoms with van der Waals surface area (Å²) >= 11 is 12.3. The number of halogens is 2. The van der Waals surface area contributed by atoms with E-state index in [2.05, 4.69) is 4.90 Å². The quantitative estimate of drug-likeness (QED) is 0.621. The first-order valence-electron chi connectivity index (χ1n) is 11.4. The molecule has 4 aliphatic rings. The number of piperidine rings is 3. The van der Waals surface area contributed by atoms with E-state index in [1.807, 2.05) is 43.0 Å². The number of hydrogen-bond acceptors (Lipinski definition) is 3. The zero-order valence-electron chi connectivity index (χ0n) is 18.2. The fraction of sp³-hybridized carbons (Fsp3) is 0.667. The van der Waals surface area contributed by atoms with Gasteiger partial charge in [-0.25, -0.2) is 0 Å². The van der Waals surface area contributed by atoms with Crippen LogP contribution in [0.15, 0.2) is 24.3 Å². The zero-order chi connectivity index (χ0) is 22.0. The van der Waals surface area contributed by atoms with Crippen LogP contribution in [0.3, 0.4) is 0 Å². The first-order valence-corrected chi connectivity index (χ1v) is 12.2. The number of ether oxygens (including phenoxy) is 1. The topological polar surface area (TPSA) is 49.9 Å². The van der Waals surface area contributed by atoms with E-state index < -0.39 is 9.93 Å². The van der Waals surface area contributed by atoms with E-state index in [0.717, 1.165) is 37.8 Å². The highest BCUT2D eigenvalue weighted by molar-refractivity contribution is 6.51. The molecule has 5 nitrogen and oxygen atoms in total. The maximum Gasteiger partial charge on any atom is 0.266 e. The predicted octanol–water partition coefficient (Wildman–Crippen LogP) is 4.36. The third-order valence-corrected chi connectivity index (χ3v) is 8.30. The van der Waals surface area contributed by atoms with Crippen molar-refractivity contribution in [1.82, 2.24) is 9.80 Å². The van der Waals surface area contributed by atoms with E-state index >= 15 is 0 Å². The van der Waals surface area contributed by atoms with Gasteiger partial charge in [-0.3, -0.25) is 9.59 Å². The molecule has 31 heavy (non-hydrogen) atoms. The molecule has 5 rings (SSSR count). The monoisotopic (exact) mass is 464 g/mol. The van der Waals surface area contributed by atoms with Gasteiger partial charge in [-0.1, -0.05) is 12.1 Å². The van der Waals surface area contributed by atoms with Crippen LogP contribution >= 0.6 is 23.2 Å². The molecule has 1 aliphatic carbocycles. The number of rotatable bonds is 4. The minimum absolute atomic E-state index is 0.0181. The molecular formula is C24H30Cl2N2O3. The van der Waals surface area contributed by atoms with Crippen LogP contribution in [-0.2, 0) is 9.59 Å². The Morgan fingerprint density at radius 1 is 1.16 bits per heavy atom. The Morgan fingerprint density at radius 3 is 2.55 bits per heavy atom. The van der Waals surface area contributed by atoms with Crippen LogP contribution in [0.25, 0.3) is 0 Å². The van der Waals surface area contributed by atoms with Crippen molar-refractivity contribution in [2.24, 2.45) is 11.8 Å². The van der Waals surface area contributed by atoms with Gasteiger partial charge >= 0.3 is 0 Å². The third-order valence-electron chi connectivity index (χ3n) is 7.46. The summed E-state index contributed by atoms with van der Waals surface area (Å²) in [4.78, 5) is 29.9. The molecule has 3 saturated heterocycles. The molecule has 3 heterocycles. The smallest absolute Gasteiger partial charge is 0.266 e. The summed E-state index contributed by atoms with van der Waals surface area (Å²) in [6.45, 7) is 5.88. The van der Waals surface area contributed by atoms with Gasteiger partial charge in [-0.05, 0) is 69.1 Å². The van der Waals surface area contributed by atoms with Crippen molar-refractivity contribution in [3.63, 3.8) is 0 Å². The summed E-state index contributed by atoms with van der Waals surface area (Å²) < 4.78 is 5.50. The molecule has 0 N–H and O–H groups in total. The van der Waals surface area contributed by atoms with Crippen LogP contribution in [0, 0.1) is 11.8 Å². The molecular weight excluding hydrogens is 435 g/mol. The first kappa shape index (κ1) is 21.4. The number of amides is 2. The molecule has 0 aromatic heterocycles. The molecule has 2 bridgehead atoms. The Hall–Kier alpha value is -1.46. The third kappa shape index (κ3) is 4.04. The van der Waals surface area contributed by atoms with E-state index in [-0.39, 0.29) is 11.8 Å². The van der Waals surface area contributed by atoms with Gasteiger partial charge in [-0.15, -0.1) is 23.2 Å². The number of likely N-dealkylation sites (tertiary alicyclic amines) is 1. The second-order valence-electron chi connectivity index (χ2n) is 10.3. The average Bonchev–Trinajstić information content (AvgIpc) is 3.36. The van der Waals surface area contributed by atoms with Gasteiger partial charge in [0, 0.05) is 38.0 Å². The Bertz CT molecular complexity index is 885. The highest BCUT2D eigenvalue weighted by Gasteiger charge is 2.52. The van der Waals surface area contributed by atoms with E-state index in [0.29, 0.717) is 49.0 Å². The lowest BCUT2D eigenvalue weighted by atomic mass is 9.75. The van der Waals surface area contributed by atoms with Crippen LogP contribution in [0.5, 0.6) is 5.75 Å². The Morgan fingerprint density at radius 2 is 1.87 bits per heavy atom. The van der Waals surface area contributed by atoms with Crippen LogP contribution < -0.4 is 4.74 Å². The molecule has 4 atom stereocenters. The number of fused-ring (bicyclic) bond motifs is 4. The fourth-order valence-electron chi connectivity index (χ4n) is 5.84. The minimum Gasteiger partial charge on any atom is -0.478 e. The number of benzene rings is 1. The van der Waals surface area contributed by atoms with E-state index in [9.17, 15) is 9.59 Å². The number of nitrogens with zero attached hydrogens (tertiary/aromatic N) is 2. The van der Waals surface area contributed by atoms with Gasteiger partial charge < -0.3 is 14.5 Å². The lowest BCUT2D eigenvalue weighted by molar-refractivity contribution is -0.156. The molecule has 7 heteroatoms. The normalized spacial score (nSPS) is 31.8. The van der Waals surface area contributed by atoms with Crippen LogP contribution in [0.1, 0.15) is 57.4 Å². The fourth-order valence-corrected chi connectivity index (χ4v) is 6.40. The Balaban J connectivity index is 1.25. The summed E-state index contributed by atoms with van der Waals surface area (Å²) in [5, 5.41) is 0. The van der Waals surface area contributed by atoms with Crippen LogP contribution in [0.4, 0.5) is 0 Å². The maximum absolute atomic E-state index is 13.4. The maximum atomic E-state index is 13.4. The molecule has 1 aromatic rings. The van der Waals surface area contributed by atoms with Gasteiger partial charge in [0.15, 0.2) is 5.60 Å². The second kappa shape index (κ2) is 7.55. The van der Waals surface area contributed by atoms with Crippen LogP contribution in [-0.4, -0.2) is 57.2 Å². The molecule has 2 unspecified atom stereocenters. The van der Waals surface area contributed by atoms with Crippen LogP contribution in [0.2, 0.25) is 0 Å². The molecule has 0 spiro atoms. The first-order chi connectivity index (χ1) is 14.6. The number of alkyl halides is 2. The summed E-state index contributed by atoms with van der Waals surface area (Å²) in [6.07, 6.45) is 4.58. The van der Waals surface area contributed by atoms with Crippen molar-refractivity contribution in [2.45, 2.75) is 67.8 Å². The summed E-state index contributed by atoms with van der Waals surface area (Å²) in [5.74, 6) is 1.88. The molecule has 4 fully saturated rings. The number of hydrogen-bond donors (Lipinski definition) is 0. The molecule has 1 saturated carbocycles. The molecule has 3 aliphatic heterocycles. The predicted molar refractivity (Wildman–Crippen MR) is 120 cm³/mol. The number of carbonyl (C=O) groups is 2. The van der Waals surface area contributed by atoms with Gasteiger partial charge in [0.1, 0.15) is 10.1 Å². The van der Waals surface area contributed by atoms with E-state index in [4.69, 9.17) is 27.9 Å². The van der Waals surface area contributed by atoms with Crippen molar-refractivity contribution in [3.05, 3.63) is 29.8 Å². The lowest BCUT2D eigenvalue weighted by Gasteiger charge is -2.53. The molecule has 1 aromatic carbocycles. The minimum atomic E-state index is -0.961. The Labute approximate surface area is 194 Å². The van der Waals surface area contributed by atoms with Crippen molar-refractivity contribution < 1.29 is 14.3 Å². The van der Waals surface area contributed by atoms with Gasteiger partial charge in [0.2, 0.25) is 5.91 Å². The molecule has 168 valence electrons. The van der Waals surface area contributed by atoms with E-state index in [1.54, 1.807) is 0 Å². The Kier molecular flexibility index (Phi) is 5.21. The number of carbonyl (C=O) groups excluding carboxylic acids is 2. The highest BCUT2D eigenvalue weighted by atomic mass is 35.5. The van der Waals surface area contributed by atoms with Gasteiger partial charge in [-0.2, -0.15) is 0 Å². The van der Waals surface area contributed by atoms with Crippen molar-refractivity contribution in [2.75, 3.05) is 19.6 Å². The standard InChI is InChI=1S/C24H30Cl2N2O3/c1-23(2,31-18-8-6-16(7-9-18)19-11-24(19,25)26)22(30)27-12-15-10-17(14-27)20-4-3-5-21(29)28(20)13-15/h6-9,15,17,19-20H,3-5,10-14H2,1-2H3/t15-,17+,19?,20?/m1/s1. The molecule has 2 amide bonds. The summed E-state index contributed by atoms with van der Waals surface area (Å²) in [6, 6.07) is 8.04. The summed E-state index contributed by atoms with van der Waals surface area (Å²) in [5.41, 5.74) is 0.134. The summed E-state index contributed by atoms with van der Waals surface area (Å²) in [7, 11) is 0. The van der Waals surface area contributed by atoms with Gasteiger partial charge in [0.25, 0.3) is 5.91 Å². The lowest BCUT2D eigenvalue weighted by Crippen LogP contribution is -2.63. The van der Waals surface area contributed by atoms with Crippen molar-refractivity contribution in [3.8, 4) is 5.75 Å². The van der Waals surface area contributed by atoms with Gasteiger partial charge in [0.05, 0.1) is 0 Å². The SMILES string of the molecule is CC(C)(Oc1ccc(C2CC2(Cl)Cl)cc1)C(=O)N1C[C@H]2C[C@@H](C1)C1CCCC(=O)N1C2. The van der Waals surface area contributed by atoms with Crippen molar-refractivity contribution in [1.29, 1.82) is 0 Å². The second-order valence-corrected chi connectivity index (χ2v) is 11.8. The highest BCUT2D eigenvalue weighted by Crippen LogP contribution is 2.59. The van der Waals surface area contributed by atoms with E-state index in [1.165, 1.54) is 0 Å².